The summed E-state index contributed by atoms with van der Waals surface area (Å²) in [5, 5.41) is 4.83. The molecule has 0 saturated carbocycles. The van der Waals surface area contributed by atoms with Crippen molar-refractivity contribution in [2.45, 2.75) is 19.8 Å². The van der Waals surface area contributed by atoms with Crippen LogP contribution in [-0.2, 0) is 0 Å². The van der Waals surface area contributed by atoms with E-state index >= 15 is 0 Å². The Morgan fingerprint density at radius 3 is 2.69 bits per heavy atom. The first kappa shape index (κ1) is 22.8. The summed E-state index contributed by atoms with van der Waals surface area (Å²) in [6, 6.07) is 13.2. The van der Waals surface area contributed by atoms with E-state index in [-0.39, 0.29) is 5.91 Å². The maximum atomic E-state index is 12.4. The summed E-state index contributed by atoms with van der Waals surface area (Å²) in [4.78, 5) is 21.9. The van der Waals surface area contributed by atoms with E-state index in [1.54, 1.807) is 11.3 Å². The molecule has 1 aliphatic heterocycles. The van der Waals surface area contributed by atoms with Crippen molar-refractivity contribution in [3.8, 4) is 5.75 Å². The first-order valence-electron chi connectivity index (χ1n) is 11.2. The molecule has 2 aromatic carbocycles. The molecule has 0 unspecified atom stereocenters. The van der Waals surface area contributed by atoms with Crippen LogP contribution >= 0.6 is 22.9 Å². The number of aromatic nitrogens is 1. The van der Waals surface area contributed by atoms with Gasteiger partial charge >= 0.3 is 0 Å². The van der Waals surface area contributed by atoms with Gasteiger partial charge in [0.1, 0.15) is 5.75 Å². The summed E-state index contributed by atoms with van der Waals surface area (Å²) >= 11 is 7.79. The van der Waals surface area contributed by atoms with Crippen LogP contribution in [-0.4, -0.2) is 61.7 Å². The zero-order chi connectivity index (χ0) is 22.3. The van der Waals surface area contributed by atoms with E-state index in [4.69, 9.17) is 21.3 Å². The van der Waals surface area contributed by atoms with E-state index in [1.807, 2.05) is 42.5 Å². The highest BCUT2D eigenvalue weighted by Gasteiger charge is 2.20. The van der Waals surface area contributed by atoms with E-state index in [9.17, 15) is 4.79 Å². The lowest BCUT2D eigenvalue weighted by atomic mass is 10.2. The van der Waals surface area contributed by atoms with Gasteiger partial charge in [-0.3, -0.25) is 9.69 Å². The number of rotatable bonds is 9. The summed E-state index contributed by atoms with van der Waals surface area (Å²) in [6.07, 6.45) is 2.14. The molecule has 1 N–H and O–H groups in total. The summed E-state index contributed by atoms with van der Waals surface area (Å²) < 4.78 is 6.78. The Labute approximate surface area is 198 Å². The molecule has 6 nitrogen and oxygen atoms in total. The van der Waals surface area contributed by atoms with Crippen molar-refractivity contribution >= 4 is 44.2 Å². The number of carbonyl (C=O) groups is 1. The molecule has 1 aromatic heterocycles. The zero-order valence-electron chi connectivity index (χ0n) is 18.3. The second kappa shape index (κ2) is 11.0. The summed E-state index contributed by atoms with van der Waals surface area (Å²) in [5.74, 6) is 0.765. The molecule has 2 heterocycles. The van der Waals surface area contributed by atoms with Gasteiger partial charge in [-0.1, -0.05) is 36.3 Å². The second-order valence-corrected chi connectivity index (χ2v) is 9.37. The number of ether oxygens (including phenoxy) is 1. The number of fused-ring (bicyclic) bond motifs is 1. The normalized spacial score (nSPS) is 14.6. The molecule has 4 rings (SSSR count). The van der Waals surface area contributed by atoms with Gasteiger partial charge in [0, 0.05) is 49.9 Å². The van der Waals surface area contributed by atoms with Crippen molar-refractivity contribution in [1.82, 2.24) is 15.2 Å². The molecular formula is C24H29ClN4O2S. The Kier molecular flexibility index (Phi) is 7.84. The third-order valence-corrected chi connectivity index (χ3v) is 6.89. The fraction of sp³-hybridized carbons (Fsp3) is 0.417. The van der Waals surface area contributed by atoms with Gasteiger partial charge in [-0.05, 0) is 48.9 Å². The Balaban J connectivity index is 1.19. The predicted molar refractivity (Wildman–Crippen MR) is 132 cm³/mol. The van der Waals surface area contributed by atoms with Crippen LogP contribution in [0.15, 0.2) is 42.5 Å². The number of thiazole rings is 1. The predicted octanol–water partition coefficient (Wildman–Crippen LogP) is 4.68. The molecule has 0 radical (unpaired) electrons. The van der Waals surface area contributed by atoms with Crippen LogP contribution in [0.5, 0.6) is 5.75 Å². The number of nitrogens with one attached hydrogen (secondary N) is 1. The molecule has 0 atom stereocenters. The number of hydrogen-bond acceptors (Lipinski definition) is 6. The summed E-state index contributed by atoms with van der Waals surface area (Å²) in [6.45, 7) is 8.09. The highest BCUT2D eigenvalue weighted by Crippen LogP contribution is 2.31. The van der Waals surface area contributed by atoms with Crippen LogP contribution < -0.4 is 15.0 Å². The number of unbranched alkanes of at least 4 members (excludes halogenated alkanes) is 1. The summed E-state index contributed by atoms with van der Waals surface area (Å²) in [5.41, 5.74) is 1.66. The highest BCUT2D eigenvalue weighted by molar-refractivity contribution is 7.22. The number of carbonyl (C=O) groups excluding carboxylic acids is 1. The number of nitrogens with zero attached hydrogens (tertiary/aromatic N) is 3. The van der Waals surface area contributed by atoms with E-state index in [2.05, 4.69) is 22.0 Å². The smallest absolute Gasteiger partial charge is 0.251 e. The van der Waals surface area contributed by atoms with Gasteiger partial charge in [-0.2, -0.15) is 0 Å². The van der Waals surface area contributed by atoms with Gasteiger partial charge in [0.2, 0.25) is 0 Å². The molecule has 1 aliphatic rings. The Morgan fingerprint density at radius 2 is 1.94 bits per heavy atom. The average Bonchev–Trinajstić information content (AvgIpc) is 3.23. The maximum absolute atomic E-state index is 12.4. The van der Waals surface area contributed by atoms with Gasteiger partial charge < -0.3 is 15.0 Å². The second-order valence-electron chi connectivity index (χ2n) is 7.92. The number of benzene rings is 2. The molecule has 1 saturated heterocycles. The minimum atomic E-state index is -0.0446. The quantitative estimate of drug-likeness (QED) is 0.458. The first-order chi connectivity index (χ1) is 15.6. The lowest BCUT2D eigenvalue weighted by Crippen LogP contribution is -2.48. The summed E-state index contributed by atoms with van der Waals surface area (Å²) in [7, 11) is 0. The molecule has 1 fully saturated rings. The van der Waals surface area contributed by atoms with Crippen LogP contribution in [0.4, 0.5) is 5.13 Å². The molecule has 8 heteroatoms. The molecule has 0 spiro atoms. The van der Waals surface area contributed by atoms with Gasteiger partial charge in [-0.25, -0.2) is 4.98 Å². The third-order valence-electron chi connectivity index (χ3n) is 5.58. The van der Waals surface area contributed by atoms with Crippen molar-refractivity contribution in [2.24, 2.45) is 0 Å². The van der Waals surface area contributed by atoms with Crippen molar-refractivity contribution < 1.29 is 9.53 Å². The van der Waals surface area contributed by atoms with E-state index < -0.39 is 0 Å². The van der Waals surface area contributed by atoms with Gasteiger partial charge in [0.05, 0.1) is 16.8 Å². The monoisotopic (exact) mass is 472 g/mol. The molecule has 170 valence electrons. The van der Waals surface area contributed by atoms with E-state index in [0.29, 0.717) is 18.7 Å². The van der Waals surface area contributed by atoms with E-state index in [0.717, 1.165) is 71.7 Å². The number of piperazine rings is 1. The SMILES string of the molecule is CCCCOc1ccc(C(=O)NCCN2CCN(c3nc4ccc(Cl)cc4s3)CC2)cc1. The molecule has 0 bridgehead atoms. The fourth-order valence-electron chi connectivity index (χ4n) is 3.65. The minimum Gasteiger partial charge on any atom is -0.494 e. The molecule has 32 heavy (non-hydrogen) atoms. The Morgan fingerprint density at radius 1 is 1.16 bits per heavy atom. The standard InChI is InChI=1S/C24H29ClN4O2S/c1-2-3-16-31-20-7-4-18(5-8-20)23(30)26-10-11-28-12-14-29(15-13-28)24-27-21-9-6-19(25)17-22(21)32-24/h4-9,17H,2-3,10-16H2,1H3,(H,26,30). The van der Waals surface area contributed by atoms with E-state index in [1.165, 1.54) is 0 Å². The van der Waals surface area contributed by atoms with Gasteiger partial charge in [0.25, 0.3) is 5.91 Å². The van der Waals surface area contributed by atoms with Crippen molar-refractivity contribution in [1.29, 1.82) is 0 Å². The van der Waals surface area contributed by atoms with Crippen LogP contribution in [0.2, 0.25) is 5.02 Å². The third kappa shape index (κ3) is 5.91. The van der Waals surface area contributed by atoms with Gasteiger partial charge in [-0.15, -0.1) is 0 Å². The number of anilines is 1. The topological polar surface area (TPSA) is 57.7 Å². The first-order valence-corrected chi connectivity index (χ1v) is 12.4. The number of hydrogen-bond donors (Lipinski definition) is 1. The largest absolute Gasteiger partial charge is 0.494 e. The molecule has 1 amide bonds. The Bertz CT molecular complexity index is 1030. The van der Waals surface area contributed by atoms with Gasteiger partial charge in [0.15, 0.2) is 5.13 Å². The van der Waals surface area contributed by atoms with Crippen LogP contribution in [0.1, 0.15) is 30.1 Å². The average molecular weight is 473 g/mol. The molecule has 0 aliphatic carbocycles. The Hall–Kier alpha value is -2.35. The molecular weight excluding hydrogens is 444 g/mol. The van der Waals surface area contributed by atoms with Crippen LogP contribution in [0.25, 0.3) is 10.2 Å². The number of halogens is 1. The van der Waals surface area contributed by atoms with Crippen molar-refractivity contribution in [2.75, 3.05) is 50.8 Å². The van der Waals surface area contributed by atoms with Crippen molar-refractivity contribution in [3.05, 3.63) is 53.1 Å². The fourth-order valence-corrected chi connectivity index (χ4v) is 4.94. The van der Waals surface area contributed by atoms with Crippen LogP contribution in [0, 0.1) is 0 Å². The molecule has 3 aromatic rings. The van der Waals surface area contributed by atoms with Crippen LogP contribution in [0.3, 0.4) is 0 Å². The zero-order valence-corrected chi connectivity index (χ0v) is 19.9. The lowest BCUT2D eigenvalue weighted by Gasteiger charge is -2.34. The maximum Gasteiger partial charge on any atom is 0.251 e. The number of amides is 1. The van der Waals surface area contributed by atoms with Crippen molar-refractivity contribution in [3.63, 3.8) is 0 Å². The highest BCUT2D eigenvalue weighted by atomic mass is 35.5. The minimum absolute atomic E-state index is 0.0446. The lowest BCUT2D eigenvalue weighted by molar-refractivity contribution is 0.0947.